The van der Waals surface area contributed by atoms with Crippen molar-refractivity contribution in [1.29, 1.82) is 0 Å². The Bertz CT molecular complexity index is 1520. The zero-order valence-corrected chi connectivity index (χ0v) is 23.7. The van der Waals surface area contributed by atoms with E-state index in [1.807, 2.05) is 18.2 Å². The van der Waals surface area contributed by atoms with Gasteiger partial charge in [0.1, 0.15) is 23.9 Å². The smallest absolute Gasteiger partial charge is 0.307 e. The van der Waals surface area contributed by atoms with Crippen molar-refractivity contribution in [2.75, 3.05) is 7.11 Å². The molecule has 208 valence electrons. The lowest BCUT2D eigenvalue weighted by Gasteiger charge is -2.27. The van der Waals surface area contributed by atoms with Gasteiger partial charge in [-0.25, -0.2) is 4.39 Å². The maximum Gasteiger partial charge on any atom is 0.307 e. The summed E-state index contributed by atoms with van der Waals surface area (Å²) < 4.78 is 26.8. The van der Waals surface area contributed by atoms with Crippen molar-refractivity contribution < 1.29 is 23.8 Å². The van der Waals surface area contributed by atoms with Crippen molar-refractivity contribution in [3.05, 3.63) is 88.7 Å². The van der Waals surface area contributed by atoms with E-state index in [4.69, 9.17) is 9.47 Å². The number of halogens is 1. The van der Waals surface area contributed by atoms with Crippen molar-refractivity contribution in [2.24, 2.45) is 17.3 Å². The maximum atomic E-state index is 15.1. The van der Waals surface area contributed by atoms with Gasteiger partial charge in [0, 0.05) is 11.0 Å². The standard InChI is InChI=1S/C35H37FO4/c1-21-32(33(37)38)35(21)16-5-7-23-10-11-25(19-30(23)35)40-20-22-9-13-26(28-18-24(39-4)12-14-31(28)36)27(17-22)29-8-6-15-34(29,2)3/h8-14,17-19,21,32H,5-7,15-16,20H2,1-4H3,(H,37,38). The van der Waals surface area contributed by atoms with E-state index < -0.39 is 5.97 Å². The van der Waals surface area contributed by atoms with Crippen molar-refractivity contribution in [3.63, 3.8) is 0 Å². The van der Waals surface area contributed by atoms with Gasteiger partial charge in [-0.2, -0.15) is 0 Å². The number of methoxy groups -OCH3 is 1. The molecule has 0 bridgehead atoms. The van der Waals surface area contributed by atoms with Crippen LogP contribution in [0.4, 0.5) is 4.39 Å². The van der Waals surface area contributed by atoms with Crippen LogP contribution in [0, 0.1) is 23.1 Å². The molecule has 5 heteroatoms. The topological polar surface area (TPSA) is 55.8 Å². The highest BCUT2D eigenvalue weighted by Crippen LogP contribution is 2.65. The molecule has 1 fully saturated rings. The summed E-state index contributed by atoms with van der Waals surface area (Å²) in [7, 11) is 1.59. The molecule has 1 N–H and O–H groups in total. The number of rotatable bonds is 7. The quantitative estimate of drug-likeness (QED) is 0.328. The van der Waals surface area contributed by atoms with Gasteiger partial charge in [0.2, 0.25) is 0 Å². The van der Waals surface area contributed by atoms with E-state index in [0.29, 0.717) is 17.9 Å². The van der Waals surface area contributed by atoms with Gasteiger partial charge in [-0.3, -0.25) is 4.79 Å². The van der Waals surface area contributed by atoms with Gasteiger partial charge in [-0.15, -0.1) is 0 Å². The number of fused-ring (bicyclic) bond motifs is 2. The first-order valence-electron chi connectivity index (χ1n) is 14.3. The average Bonchev–Trinajstić information content (AvgIpc) is 3.35. The van der Waals surface area contributed by atoms with E-state index in [1.165, 1.54) is 17.2 Å². The second-order valence-corrected chi connectivity index (χ2v) is 12.4. The molecule has 4 nitrogen and oxygen atoms in total. The Labute approximate surface area is 235 Å². The summed E-state index contributed by atoms with van der Waals surface area (Å²) in [6.45, 7) is 6.92. The van der Waals surface area contributed by atoms with Crippen LogP contribution in [-0.4, -0.2) is 18.2 Å². The van der Waals surface area contributed by atoms with E-state index in [2.05, 4.69) is 45.0 Å². The van der Waals surface area contributed by atoms with Crippen LogP contribution in [0.1, 0.15) is 68.7 Å². The predicted molar refractivity (Wildman–Crippen MR) is 155 cm³/mol. The van der Waals surface area contributed by atoms with E-state index in [-0.39, 0.29) is 28.5 Å². The molecule has 0 amide bonds. The first-order valence-corrected chi connectivity index (χ1v) is 14.3. The van der Waals surface area contributed by atoms with Gasteiger partial charge < -0.3 is 14.6 Å². The number of hydrogen-bond acceptors (Lipinski definition) is 3. The van der Waals surface area contributed by atoms with Crippen LogP contribution in [-0.2, 0) is 23.2 Å². The van der Waals surface area contributed by atoms with Gasteiger partial charge in [0.05, 0.1) is 13.0 Å². The minimum atomic E-state index is -0.698. The predicted octanol–water partition coefficient (Wildman–Crippen LogP) is 8.21. The minimum Gasteiger partial charge on any atom is -0.497 e. The number of allylic oxidation sites excluding steroid dienone is 2. The zero-order valence-electron chi connectivity index (χ0n) is 23.7. The molecule has 0 heterocycles. The molecule has 3 atom stereocenters. The van der Waals surface area contributed by atoms with Gasteiger partial charge in [-0.1, -0.05) is 45.0 Å². The first-order chi connectivity index (χ1) is 19.2. The Morgan fingerprint density at radius 1 is 1.00 bits per heavy atom. The molecule has 6 rings (SSSR count). The van der Waals surface area contributed by atoms with E-state index in [9.17, 15) is 9.90 Å². The van der Waals surface area contributed by atoms with Crippen LogP contribution in [0.25, 0.3) is 16.7 Å². The molecule has 1 saturated carbocycles. The summed E-state index contributed by atoms with van der Waals surface area (Å²) in [4.78, 5) is 12.0. The average molecular weight is 541 g/mol. The first kappa shape index (κ1) is 26.6. The highest BCUT2D eigenvalue weighted by molar-refractivity contribution is 5.85. The number of aryl methyl sites for hydroxylation is 1. The Hall–Kier alpha value is -3.60. The Balaban J connectivity index is 1.32. The van der Waals surface area contributed by atoms with Crippen molar-refractivity contribution >= 4 is 11.5 Å². The summed E-state index contributed by atoms with van der Waals surface area (Å²) in [5, 5.41) is 9.83. The monoisotopic (exact) mass is 540 g/mol. The number of benzene rings is 3. The van der Waals surface area contributed by atoms with E-state index in [0.717, 1.165) is 60.1 Å². The zero-order chi connectivity index (χ0) is 28.2. The number of aliphatic carboxylic acids is 1. The Morgan fingerprint density at radius 2 is 1.80 bits per heavy atom. The van der Waals surface area contributed by atoms with Crippen LogP contribution < -0.4 is 9.47 Å². The summed E-state index contributed by atoms with van der Waals surface area (Å²) >= 11 is 0. The van der Waals surface area contributed by atoms with Crippen molar-refractivity contribution in [2.45, 2.75) is 64.9 Å². The number of ether oxygens (including phenoxy) is 2. The summed E-state index contributed by atoms with van der Waals surface area (Å²) in [6, 6.07) is 17.2. The van der Waals surface area contributed by atoms with E-state index in [1.54, 1.807) is 19.2 Å². The second-order valence-electron chi connectivity index (χ2n) is 12.4. The molecule has 1 spiro atoms. The van der Waals surface area contributed by atoms with Crippen LogP contribution in [0.3, 0.4) is 0 Å². The fraction of sp³-hybridized carbons (Fsp3) is 0.400. The second kappa shape index (κ2) is 9.79. The lowest BCUT2D eigenvalue weighted by molar-refractivity contribution is -0.139. The van der Waals surface area contributed by atoms with Gasteiger partial charge >= 0.3 is 5.97 Å². The fourth-order valence-electron chi connectivity index (χ4n) is 7.47. The SMILES string of the molecule is COc1ccc(F)c(-c2ccc(COc3ccc4c(c3)C3(CCC4)C(C)C3C(=O)O)cc2C2=CCCC2(C)C)c1. The van der Waals surface area contributed by atoms with Crippen molar-refractivity contribution in [1.82, 2.24) is 0 Å². The minimum absolute atomic E-state index is 0.0158. The van der Waals surface area contributed by atoms with Crippen LogP contribution in [0.5, 0.6) is 11.5 Å². The molecule has 0 aliphatic heterocycles. The third kappa shape index (κ3) is 4.31. The third-order valence-electron chi connectivity index (χ3n) is 9.73. The number of carbonyl (C=O) groups is 1. The van der Waals surface area contributed by atoms with Gasteiger partial charge in [0.25, 0.3) is 0 Å². The Kier molecular flexibility index (Phi) is 6.52. The third-order valence-corrected chi connectivity index (χ3v) is 9.73. The van der Waals surface area contributed by atoms with Crippen LogP contribution in [0.2, 0.25) is 0 Å². The molecular weight excluding hydrogens is 503 g/mol. The lowest BCUT2D eigenvalue weighted by atomic mass is 9.77. The van der Waals surface area contributed by atoms with Crippen LogP contribution in [0.15, 0.2) is 60.7 Å². The molecule has 3 aromatic carbocycles. The van der Waals surface area contributed by atoms with Gasteiger partial charge in [-0.05, 0) is 113 Å². The molecule has 0 radical (unpaired) electrons. The summed E-state index contributed by atoms with van der Waals surface area (Å²) in [5.74, 6) is 0.213. The molecule has 0 saturated heterocycles. The fourth-order valence-corrected chi connectivity index (χ4v) is 7.47. The summed E-state index contributed by atoms with van der Waals surface area (Å²) in [5.41, 5.74) is 6.74. The Morgan fingerprint density at radius 3 is 2.50 bits per heavy atom. The number of carboxylic acid groups (broad SMARTS) is 1. The lowest BCUT2D eigenvalue weighted by Crippen LogP contribution is -2.22. The molecule has 0 aromatic heterocycles. The largest absolute Gasteiger partial charge is 0.497 e. The molecule has 3 aromatic rings. The normalized spacial score (nSPS) is 24.4. The molecule has 3 aliphatic rings. The maximum absolute atomic E-state index is 15.1. The van der Waals surface area contributed by atoms with Crippen molar-refractivity contribution in [3.8, 4) is 22.6 Å². The van der Waals surface area contributed by atoms with E-state index >= 15 is 4.39 Å². The van der Waals surface area contributed by atoms with Gasteiger partial charge in [0.15, 0.2) is 0 Å². The number of hydrogen-bond donors (Lipinski definition) is 1. The molecule has 3 unspecified atom stereocenters. The highest BCUT2D eigenvalue weighted by Gasteiger charge is 2.67. The van der Waals surface area contributed by atoms with Crippen LogP contribution >= 0.6 is 0 Å². The summed E-state index contributed by atoms with van der Waals surface area (Å²) in [6.07, 6.45) is 7.24. The molecule has 3 aliphatic carbocycles. The number of carboxylic acids is 1. The molecule has 40 heavy (non-hydrogen) atoms. The highest BCUT2D eigenvalue weighted by atomic mass is 19.1. The molecular formula is C35H37FO4.